The Morgan fingerprint density at radius 2 is 1.58 bits per heavy atom. The van der Waals surface area contributed by atoms with Crippen molar-refractivity contribution in [2.24, 2.45) is 0 Å². The third-order valence-electron chi connectivity index (χ3n) is 2.49. The van der Waals surface area contributed by atoms with E-state index >= 15 is 0 Å². The Morgan fingerprint density at radius 3 is 2.11 bits per heavy atom. The Hall–Kier alpha value is -2.21. The highest BCUT2D eigenvalue weighted by Gasteiger charge is 2.13. The summed E-state index contributed by atoms with van der Waals surface area (Å²) in [5, 5.41) is 9.14. The van der Waals surface area contributed by atoms with Crippen molar-refractivity contribution in [3.8, 4) is 11.5 Å². The molecule has 0 radical (unpaired) electrons. The monoisotopic (exact) mass is 279 g/mol. The van der Waals surface area contributed by atoms with Gasteiger partial charge in [-0.15, -0.1) is 0 Å². The first-order valence-corrected chi connectivity index (χ1v) is 6.95. The minimum atomic E-state index is -3.65. The number of benzene rings is 2. The topological polar surface area (TPSA) is 75.6 Å². The smallest absolute Gasteiger partial charge is 0.261 e. The normalized spacial score (nSPS) is 11.0. The maximum Gasteiger partial charge on any atom is 0.261 e. The van der Waals surface area contributed by atoms with E-state index in [1.54, 1.807) is 24.3 Å². The molecule has 2 N–H and O–H groups in total. The number of phenols is 1. The zero-order valence-corrected chi connectivity index (χ0v) is 11.0. The van der Waals surface area contributed by atoms with Crippen molar-refractivity contribution < 1.29 is 18.3 Å². The Labute approximate surface area is 111 Å². The van der Waals surface area contributed by atoms with Crippen LogP contribution in [-0.2, 0) is 10.0 Å². The number of rotatable bonds is 4. The molecular weight excluding hydrogens is 266 g/mol. The molecule has 0 bridgehead atoms. The molecule has 6 heteroatoms. The highest BCUT2D eigenvalue weighted by Crippen LogP contribution is 2.20. The van der Waals surface area contributed by atoms with E-state index in [0.717, 1.165) is 0 Å². The summed E-state index contributed by atoms with van der Waals surface area (Å²) in [5.74, 6) is 0.663. The van der Waals surface area contributed by atoms with Crippen LogP contribution in [0.2, 0.25) is 0 Å². The standard InChI is InChI=1S/C13H13NO4S/c1-18-12-6-2-10(3-7-12)14-19(16,17)13-8-4-11(15)5-9-13/h2-9,14-15H,1H3. The van der Waals surface area contributed by atoms with Crippen molar-refractivity contribution in [3.63, 3.8) is 0 Å². The van der Waals surface area contributed by atoms with Crippen LogP contribution in [0.5, 0.6) is 11.5 Å². The first kappa shape index (κ1) is 13.2. The van der Waals surface area contributed by atoms with Gasteiger partial charge in [-0.05, 0) is 48.5 Å². The lowest BCUT2D eigenvalue weighted by Gasteiger charge is -2.08. The lowest BCUT2D eigenvalue weighted by atomic mass is 10.3. The van der Waals surface area contributed by atoms with E-state index in [0.29, 0.717) is 11.4 Å². The van der Waals surface area contributed by atoms with E-state index in [1.165, 1.54) is 31.4 Å². The van der Waals surface area contributed by atoms with Crippen LogP contribution in [-0.4, -0.2) is 20.6 Å². The molecule has 19 heavy (non-hydrogen) atoms. The van der Waals surface area contributed by atoms with Gasteiger partial charge in [0.15, 0.2) is 0 Å². The molecule has 0 aliphatic carbocycles. The number of phenolic OH excluding ortho intramolecular Hbond substituents is 1. The number of sulfonamides is 1. The Balaban J connectivity index is 2.23. The van der Waals surface area contributed by atoms with Gasteiger partial charge in [-0.2, -0.15) is 0 Å². The largest absolute Gasteiger partial charge is 0.508 e. The Bertz CT molecular complexity index is 648. The Kier molecular flexibility index (Phi) is 3.62. The number of hydrogen-bond acceptors (Lipinski definition) is 4. The van der Waals surface area contributed by atoms with E-state index in [2.05, 4.69) is 4.72 Å². The first-order valence-electron chi connectivity index (χ1n) is 5.47. The van der Waals surface area contributed by atoms with Gasteiger partial charge in [0.1, 0.15) is 11.5 Å². The molecule has 0 aliphatic rings. The second kappa shape index (κ2) is 5.19. The molecule has 0 saturated carbocycles. The fraction of sp³-hybridized carbons (Fsp3) is 0.0769. The molecule has 2 aromatic carbocycles. The maximum absolute atomic E-state index is 12.0. The number of nitrogens with one attached hydrogen (secondary N) is 1. The van der Waals surface area contributed by atoms with E-state index in [1.807, 2.05) is 0 Å². The molecule has 0 heterocycles. The van der Waals surface area contributed by atoms with E-state index in [-0.39, 0.29) is 10.6 Å². The average Bonchev–Trinajstić information content (AvgIpc) is 2.40. The lowest BCUT2D eigenvalue weighted by molar-refractivity contribution is 0.415. The van der Waals surface area contributed by atoms with Gasteiger partial charge in [0.25, 0.3) is 10.0 Å². The first-order chi connectivity index (χ1) is 9.01. The highest BCUT2D eigenvalue weighted by molar-refractivity contribution is 7.92. The van der Waals surface area contributed by atoms with Crippen LogP contribution in [0.4, 0.5) is 5.69 Å². The molecular formula is C13H13NO4S. The van der Waals surface area contributed by atoms with Crippen LogP contribution >= 0.6 is 0 Å². The molecule has 5 nitrogen and oxygen atoms in total. The van der Waals surface area contributed by atoms with Gasteiger partial charge >= 0.3 is 0 Å². The number of anilines is 1. The van der Waals surface area contributed by atoms with Gasteiger partial charge in [-0.3, -0.25) is 4.72 Å². The molecule has 0 aromatic heterocycles. The zero-order valence-electron chi connectivity index (χ0n) is 10.2. The summed E-state index contributed by atoms with van der Waals surface area (Å²) in [6, 6.07) is 11.9. The van der Waals surface area contributed by atoms with Crippen molar-refractivity contribution >= 4 is 15.7 Å². The fourth-order valence-electron chi connectivity index (χ4n) is 1.50. The molecule has 0 spiro atoms. The van der Waals surface area contributed by atoms with Crippen molar-refractivity contribution in [1.82, 2.24) is 0 Å². The SMILES string of the molecule is COc1ccc(NS(=O)(=O)c2ccc(O)cc2)cc1. The van der Waals surface area contributed by atoms with E-state index in [9.17, 15) is 8.42 Å². The molecule has 0 saturated heterocycles. The number of methoxy groups -OCH3 is 1. The van der Waals surface area contributed by atoms with Gasteiger partial charge in [0.05, 0.1) is 12.0 Å². The quantitative estimate of drug-likeness (QED) is 0.899. The highest BCUT2D eigenvalue weighted by atomic mass is 32.2. The molecule has 0 amide bonds. The fourth-order valence-corrected chi connectivity index (χ4v) is 2.56. The third kappa shape index (κ3) is 3.17. The number of ether oxygens (including phenoxy) is 1. The molecule has 0 fully saturated rings. The van der Waals surface area contributed by atoms with Gasteiger partial charge in [0, 0.05) is 5.69 Å². The van der Waals surface area contributed by atoms with E-state index in [4.69, 9.17) is 9.84 Å². The summed E-state index contributed by atoms with van der Waals surface area (Å²) in [6.45, 7) is 0. The van der Waals surface area contributed by atoms with Crippen molar-refractivity contribution in [1.29, 1.82) is 0 Å². The minimum Gasteiger partial charge on any atom is -0.508 e. The maximum atomic E-state index is 12.0. The average molecular weight is 279 g/mol. The number of hydrogen-bond donors (Lipinski definition) is 2. The van der Waals surface area contributed by atoms with Crippen molar-refractivity contribution in [2.75, 3.05) is 11.8 Å². The molecule has 2 rings (SSSR count). The van der Waals surface area contributed by atoms with Crippen LogP contribution < -0.4 is 9.46 Å². The van der Waals surface area contributed by atoms with Crippen LogP contribution in [0.25, 0.3) is 0 Å². The Morgan fingerprint density at radius 1 is 1.00 bits per heavy atom. The van der Waals surface area contributed by atoms with Crippen LogP contribution in [0.1, 0.15) is 0 Å². The minimum absolute atomic E-state index is 0.0170. The summed E-state index contributed by atoms with van der Waals surface area (Å²) in [7, 11) is -2.11. The van der Waals surface area contributed by atoms with Crippen LogP contribution in [0, 0.1) is 0 Å². The van der Waals surface area contributed by atoms with Crippen molar-refractivity contribution in [3.05, 3.63) is 48.5 Å². The van der Waals surface area contributed by atoms with E-state index < -0.39 is 10.0 Å². The lowest BCUT2D eigenvalue weighted by Crippen LogP contribution is -2.12. The molecule has 0 unspecified atom stereocenters. The van der Waals surface area contributed by atoms with Crippen molar-refractivity contribution in [2.45, 2.75) is 4.90 Å². The third-order valence-corrected chi connectivity index (χ3v) is 3.89. The summed E-state index contributed by atoms with van der Waals surface area (Å²) in [4.78, 5) is 0.0844. The summed E-state index contributed by atoms with van der Waals surface area (Å²) >= 11 is 0. The second-order valence-corrected chi connectivity index (χ2v) is 5.51. The molecule has 0 aliphatic heterocycles. The predicted molar refractivity (Wildman–Crippen MR) is 71.9 cm³/mol. The summed E-state index contributed by atoms with van der Waals surface area (Å²) < 4.78 is 31.5. The number of aromatic hydroxyl groups is 1. The second-order valence-electron chi connectivity index (χ2n) is 3.83. The van der Waals surface area contributed by atoms with Gasteiger partial charge in [0.2, 0.25) is 0 Å². The van der Waals surface area contributed by atoms with Crippen LogP contribution in [0.15, 0.2) is 53.4 Å². The molecule has 100 valence electrons. The summed E-state index contributed by atoms with van der Waals surface area (Å²) in [5.41, 5.74) is 0.439. The zero-order chi connectivity index (χ0) is 13.9. The van der Waals surface area contributed by atoms with Gasteiger partial charge < -0.3 is 9.84 Å². The molecule has 0 atom stereocenters. The summed E-state index contributed by atoms with van der Waals surface area (Å²) in [6.07, 6.45) is 0. The predicted octanol–water partition coefficient (Wildman–Crippen LogP) is 2.20. The van der Waals surface area contributed by atoms with Gasteiger partial charge in [-0.25, -0.2) is 8.42 Å². The van der Waals surface area contributed by atoms with Crippen LogP contribution in [0.3, 0.4) is 0 Å². The molecule has 2 aromatic rings. The van der Waals surface area contributed by atoms with Gasteiger partial charge in [-0.1, -0.05) is 0 Å².